The van der Waals surface area contributed by atoms with Crippen LogP contribution in [0.3, 0.4) is 0 Å². The van der Waals surface area contributed by atoms with Crippen molar-refractivity contribution in [3.63, 3.8) is 0 Å². The Labute approximate surface area is 99.8 Å². The minimum absolute atomic E-state index is 0.0121. The maximum Gasteiger partial charge on any atom is 0.255 e. The molecule has 0 aliphatic carbocycles. The van der Waals surface area contributed by atoms with E-state index in [9.17, 15) is 4.79 Å². The summed E-state index contributed by atoms with van der Waals surface area (Å²) in [5.41, 5.74) is 1.37. The number of rotatable bonds is 1. The van der Waals surface area contributed by atoms with Crippen LogP contribution in [0.25, 0.3) is 0 Å². The van der Waals surface area contributed by atoms with E-state index in [1.54, 1.807) is 29.4 Å². The van der Waals surface area contributed by atoms with Crippen molar-refractivity contribution in [2.75, 3.05) is 13.1 Å². The van der Waals surface area contributed by atoms with Crippen LogP contribution in [0.1, 0.15) is 23.7 Å². The van der Waals surface area contributed by atoms with Crippen molar-refractivity contribution in [2.45, 2.75) is 13.3 Å². The summed E-state index contributed by atoms with van der Waals surface area (Å²) < 4.78 is 0. The molecule has 1 unspecified atom stereocenters. The van der Waals surface area contributed by atoms with Crippen molar-refractivity contribution in [3.05, 3.63) is 30.1 Å². The number of nitrogens with zero attached hydrogens (tertiary/aromatic N) is 3. The second kappa shape index (κ2) is 4.95. The summed E-state index contributed by atoms with van der Waals surface area (Å²) >= 11 is 0. The van der Waals surface area contributed by atoms with Gasteiger partial charge in [0.1, 0.15) is 0 Å². The zero-order valence-corrected chi connectivity index (χ0v) is 9.71. The molecule has 2 rings (SSSR count). The molecule has 0 saturated carbocycles. The van der Waals surface area contributed by atoms with Crippen molar-refractivity contribution >= 4 is 11.6 Å². The van der Waals surface area contributed by atoms with E-state index in [-0.39, 0.29) is 11.8 Å². The smallest absolute Gasteiger partial charge is 0.255 e. The fourth-order valence-corrected chi connectivity index (χ4v) is 2.03. The SMILES string of the molecule is CC1CN(C(=O)c2cccnc2)CC/C1=N\O. The molecule has 0 spiro atoms. The van der Waals surface area contributed by atoms with Gasteiger partial charge in [-0.05, 0) is 12.1 Å². The molecule has 5 nitrogen and oxygen atoms in total. The number of carbonyl (C=O) groups excluding carboxylic acids is 1. The lowest BCUT2D eigenvalue weighted by atomic mass is 9.97. The van der Waals surface area contributed by atoms with Crippen LogP contribution in [0, 0.1) is 5.92 Å². The van der Waals surface area contributed by atoms with E-state index in [2.05, 4.69) is 10.1 Å². The maximum atomic E-state index is 12.1. The van der Waals surface area contributed by atoms with E-state index >= 15 is 0 Å². The van der Waals surface area contributed by atoms with Gasteiger partial charge in [0.15, 0.2) is 0 Å². The Bertz CT molecular complexity index is 431. The lowest BCUT2D eigenvalue weighted by Crippen LogP contribution is -2.43. The molecule has 90 valence electrons. The summed E-state index contributed by atoms with van der Waals surface area (Å²) in [6, 6.07) is 3.51. The minimum Gasteiger partial charge on any atom is -0.411 e. The number of likely N-dealkylation sites (tertiary alicyclic amines) is 1. The van der Waals surface area contributed by atoms with Crippen LogP contribution in [0.4, 0.5) is 0 Å². The summed E-state index contributed by atoms with van der Waals surface area (Å²) in [6.45, 7) is 3.14. The molecule has 1 atom stereocenters. The zero-order valence-electron chi connectivity index (χ0n) is 9.71. The Morgan fingerprint density at radius 1 is 1.65 bits per heavy atom. The number of pyridine rings is 1. The summed E-state index contributed by atoms with van der Waals surface area (Å²) in [5, 5.41) is 12.0. The van der Waals surface area contributed by atoms with Gasteiger partial charge >= 0.3 is 0 Å². The Balaban J connectivity index is 2.08. The number of carbonyl (C=O) groups is 1. The average molecular weight is 233 g/mol. The van der Waals surface area contributed by atoms with Crippen LogP contribution >= 0.6 is 0 Å². The van der Waals surface area contributed by atoms with Crippen molar-refractivity contribution in [1.82, 2.24) is 9.88 Å². The van der Waals surface area contributed by atoms with Gasteiger partial charge in [0, 0.05) is 37.8 Å². The quantitative estimate of drug-likeness (QED) is 0.589. The van der Waals surface area contributed by atoms with Crippen LogP contribution in [0.5, 0.6) is 0 Å². The second-order valence-electron chi connectivity index (χ2n) is 4.24. The molecule has 0 aromatic carbocycles. The highest BCUT2D eigenvalue weighted by Gasteiger charge is 2.26. The highest BCUT2D eigenvalue weighted by Crippen LogP contribution is 2.16. The highest BCUT2D eigenvalue weighted by atomic mass is 16.4. The monoisotopic (exact) mass is 233 g/mol. The topological polar surface area (TPSA) is 65.8 Å². The molecule has 17 heavy (non-hydrogen) atoms. The fraction of sp³-hybridized carbons (Fsp3) is 0.417. The van der Waals surface area contributed by atoms with E-state index in [0.29, 0.717) is 25.1 Å². The molecule has 1 fully saturated rings. The number of hydrogen-bond acceptors (Lipinski definition) is 4. The Morgan fingerprint density at radius 3 is 3.06 bits per heavy atom. The van der Waals surface area contributed by atoms with Crippen LogP contribution < -0.4 is 0 Å². The van der Waals surface area contributed by atoms with Gasteiger partial charge in [0.2, 0.25) is 0 Å². The molecule has 5 heteroatoms. The van der Waals surface area contributed by atoms with E-state index in [4.69, 9.17) is 5.21 Å². The van der Waals surface area contributed by atoms with E-state index < -0.39 is 0 Å². The predicted octanol–water partition coefficient (Wildman–Crippen LogP) is 1.39. The van der Waals surface area contributed by atoms with Crippen LogP contribution in [-0.4, -0.2) is 39.8 Å². The Kier molecular flexibility index (Phi) is 3.37. The third-order valence-corrected chi connectivity index (χ3v) is 3.03. The first-order chi connectivity index (χ1) is 8.22. The number of piperidine rings is 1. The fourth-order valence-electron chi connectivity index (χ4n) is 2.03. The average Bonchev–Trinajstić information content (AvgIpc) is 2.39. The Hall–Kier alpha value is -1.91. The Morgan fingerprint density at radius 2 is 2.47 bits per heavy atom. The van der Waals surface area contributed by atoms with Crippen molar-refractivity contribution in [2.24, 2.45) is 11.1 Å². The van der Waals surface area contributed by atoms with Crippen molar-refractivity contribution in [3.8, 4) is 0 Å². The van der Waals surface area contributed by atoms with Gasteiger partial charge in [-0.15, -0.1) is 0 Å². The summed E-state index contributed by atoms with van der Waals surface area (Å²) in [4.78, 5) is 17.8. The third kappa shape index (κ3) is 2.43. The van der Waals surface area contributed by atoms with Gasteiger partial charge < -0.3 is 10.1 Å². The molecular weight excluding hydrogens is 218 g/mol. The van der Waals surface area contributed by atoms with Crippen LogP contribution in [-0.2, 0) is 0 Å². The molecule has 0 radical (unpaired) electrons. The number of aromatic nitrogens is 1. The molecule has 2 heterocycles. The van der Waals surface area contributed by atoms with Crippen molar-refractivity contribution < 1.29 is 10.0 Å². The normalized spacial score (nSPS) is 22.8. The summed E-state index contributed by atoms with van der Waals surface area (Å²) in [5.74, 6) is 0.0938. The van der Waals surface area contributed by atoms with Gasteiger partial charge in [-0.1, -0.05) is 12.1 Å². The molecule has 1 aliphatic heterocycles. The minimum atomic E-state index is -0.0121. The largest absolute Gasteiger partial charge is 0.411 e. The summed E-state index contributed by atoms with van der Waals surface area (Å²) in [7, 11) is 0. The highest BCUT2D eigenvalue weighted by molar-refractivity contribution is 5.96. The van der Waals surface area contributed by atoms with Gasteiger partial charge in [-0.3, -0.25) is 9.78 Å². The first-order valence-corrected chi connectivity index (χ1v) is 5.62. The molecule has 1 aromatic heterocycles. The number of oxime groups is 1. The van der Waals surface area contributed by atoms with Crippen LogP contribution in [0.15, 0.2) is 29.7 Å². The van der Waals surface area contributed by atoms with Gasteiger partial charge in [0.25, 0.3) is 5.91 Å². The molecule has 1 amide bonds. The lowest BCUT2D eigenvalue weighted by molar-refractivity contribution is 0.0733. The van der Waals surface area contributed by atoms with Crippen molar-refractivity contribution in [1.29, 1.82) is 0 Å². The molecule has 1 N–H and O–H groups in total. The molecular formula is C12H15N3O2. The van der Waals surface area contributed by atoms with Gasteiger partial charge in [-0.2, -0.15) is 0 Å². The van der Waals surface area contributed by atoms with E-state index in [1.807, 2.05) is 6.92 Å². The van der Waals surface area contributed by atoms with Gasteiger partial charge in [0.05, 0.1) is 11.3 Å². The molecule has 1 aliphatic rings. The first-order valence-electron chi connectivity index (χ1n) is 5.62. The maximum absolute atomic E-state index is 12.1. The predicted molar refractivity (Wildman–Crippen MR) is 63.1 cm³/mol. The molecule has 1 aromatic rings. The molecule has 1 saturated heterocycles. The third-order valence-electron chi connectivity index (χ3n) is 3.03. The van der Waals surface area contributed by atoms with E-state index in [0.717, 1.165) is 5.71 Å². The van der Waals surface area contributed by atoms with E-state index in [1.165, 1.54) is 0 Å². The number of hydrogen-bond donors (Lipinski definition) is 1. The lowest BCUT2D eigenvalue weighted by Gasteiger charge is -2.31. The number of amides is 1. The summed E-state index contributed by atoms with van der Waals surface area (Å²) in [6.07, 6.45) is 3.85. The first kappa shape index (κ1) is 11.6. The second-order valence-corrected chi connectivity index (χ2v) is 4.24. The van der Waals surface area contributed by atoms with Gasteiger partial charge in [-0.25, -0.2) is 0 Å². The zero-order chi connectivity index (χ0) is 12.3. The van der Waals surface area contributed by atoms with Crippen LogP contribution in [0.2, 0.25) is 0 Å². The molecule has 0 bridgehead atoms. The standard InChI is InChI=1S/C12H15N3O2/c1-9-8-15(6-4-11(9)14-17)12(16)10-3-2-5-13-7-10/h2-3,5,7,9,17H,4,6,8H2,1H3/b14-11+.